The highest BCUT2D eigenvalue weighted by molar-refractivity contribution is 5.79. The summed E-state index contributed by atoms with van der Waals surface area (Å²) in [6.45, 7) is 10.7. The van der Waals surface area contributed by atoms with Crippen LogP contribution >= 0.6 is 0 Å². The normalized spacial score (nSPS) is 15.4. The summed E-state index contributed by atoms with van der Waals surface area (Å²) in [6, 6.07) is 12.1. The molecular formula is C32H50N2O4. The molecule has 2 aromatic rings. The van der Waals surface area contributed by atoms with Crippen molar-refractivity contribution in [3.05, 3.63) is 36.4 Å². The van der Waals surface area contributed by atoms with Crippen molar-refractivity contribution in [1.82, 2.24) is 0 Å². The van der Waals surface area contributed by atoms with Crippen LogP contribution in [-0.2, 0) is 0 Å². The molecule has 6 heteroatoms. The third kappa shape index (κ3) is 9.09. The maximum atomic E-state index is 6.53. The fourth-order valence-electron chi connectivity index (χ4n) is 5.15. The number of hydrogen-bond acceptors (Lipinski definition) is 6. The Balaban J connectivity index is 2.01. The van der Waals surface area contributed by atoms with Gasteiger partial charge < -0.3 is 30.4 Å². The fraction of sp³-hybridized carbons (Fsp3) is 0.625. The summed E-state index contributed by atoms with van der Waals surface area (Å²) in [5.74, 6) is 4.19. The van der Waals surface area contributed by atoms with Crippen molar-refractivity contribution < 1.29 is 18.9 Å². The fourth-order valence-corrected chi connectivity index (χ4v) is 5.15. The first-order chi connectivity index (χ1) is 18.5. The predicted molar refractivity (Wildman–Crippen MR) is 156 cm³/mol. The largest absolute Gasteiger partial charge is 0.493 e. The second kappa shape index (κ2) is 15.8. The molecule has 0 saturated heterocycles. The first-order valence-electron chi connectivity index (χ1n) is 14.7. The first-order valence-corrected chi connectivity index (χ1v) is 14.7. The Morgan fingerprint density at radius 2 is 1.45 bits per heavy atom. The molecule has 1 saturated carbocycles. The van der Waals surface area contributed by atoms with Gasteiger partial charge in [-0.2, -0.15) is 0 Å². The van der Waals surface area contributed by atoms with Gasteiger partial charge in [0, 0.05) is 19.2 Å². The van der Waals surface area contributed by atoms with E-state index in [2.05, 4.69) is 19.9 Å². The van der Waals surface area contributed by atoms with Crippen LogP contribution in [0.2, 0.25) is 0 Å². The molecule has 212 valence electrons. The van der Waals surface area contributed by atoms with Gasteiger partial charge in [0.15, 0.2) is 0 Å². The SMILES string of the molecule is CCCC(CCC)COc1cccc(O[C@H](C)CN)c1-c1cc(OCC2CCCC2)cc(O[C@H](C)CN)c1. The second-order valence-electron chi connectivity index (χ2n) is 10.9. The molecule has 38 heavy (non-hydrogen) atoms. The molecule has 1 aliphatic carbocycles. The van der Waals surface area contributed by atoms with Crippen molar-refractivity contribution in [3.63, 3.8) is 0 Å². The summed E-state index contributed by atoms with van der Waals surface area (Å²) < 4.78 is 25.3. The average molecular weight is 527 g/mol. The molecule has 0 bridgehead atoms. The molecule has 0 aliphatic heterocycles. The Labute approximate surface area is 230 Å². The molecule has 0 aromatic heterocycles. The average Bonchev–Trinajstić information content (AvgIpc) is 3.44. The number of hydrogen-bond donors (Lipinski definition) is 2. The van der Waals surface area contributed by atoms with E-state index in [0.29, 0.717) is 31.5 Å². The molecule has 0 heterocycles. The highest BCUT2D eigenvalue weighted by Crippen LogP contribution is 2.42. The Bertz CT molecular complexity index is 954. The molecule has 1 aliphatic rings. The van der Waals surface area contributed by atoms with Crippen LogP contribution in [0.1, 0.15) is 79.1 Å². The van der Waals surface area contributed by atoms with E-state index in [4.69, 9.17) is 30.4 Å². The maximum Gasteiger partial charge on any atom is 0.131 e. The van der Waals surface area contributed by atoms with Crippen LogP contribution in [0.25, 0.3) is 11.1 Å². The molecule has 0 amide bonds. The van der Waals surface area contributed by atoms with Crippen molar-refractivity contribution >= 4 is 0 Å². The topological polar surface area (TPSA) is 89.0 Å². The van der Waals surface area contributed by atoms with E-state index in [1.165, 1.54) is 25.7 Å². The van der Waals surface area contributed by atoms with Crippen LogP contribution in [0.5, 0.6) is 23.0 Å². The zero-order valence-corrected chi connectivity index (χ0v) is 24.0. The summed E-state index contributed by atoms with van der Waals surface area (Å²) >= 11 is 0. The summed E-state index contributed by atoms with van der Waals surface area (Å²) in [4.78, 5) is 0. The lowest BCUT2D eigenvalue weighted by Crippen LogP contribution is -2.23. The van der Waals surface area contributed by atoms with Gasteiger partial charge in [-0.1, -0.05) is 45.6 Å². The lowest BCUT2D eigenvalue weighted by molar-refractivity contribution is 0.219. The highest BCUT2D eigenvalue weighted by atomic mass is 16.5. The minimum Gasteiger partial charge on any atom is -0.493 e. The van der Waals surface area contributed by atoms with E-state index >= 15 is 0 Å². The number of nitrogens with two attached hydrogens (primary N) is 2. The molecule has 0 unspecified atom stereocenters. The zero-order valence-electron chi connectivity index (χ0n) is 24.0. The lowest BCUT2D eigenvalue weighted by atomic mass is 9.99. The van der Waals surface area contributed by atoms with Gasteiger partial charge in [0.1, 0.15) is 35.2 Å². The molecule has 6 nitrogen and oxygen atoms in total. The Hall–Kier alpha value is -2.44. The monoisotopic (exact) mass is 526 g/mol. The van der Waals surface area contributed by atoms with E-state index in [1.54, 1.807) is 0 Å². The van der Waals surface area contributed by atoms with Gasteiger partial charge in [-0.05, 0) is 81.2 Å². The van der Waals surface area contributed by atoms with Gasteiger partial charge in [0.05, 0.1) is 18.8 Å². The second-order valence-corrected chi connectivity index (χ2v) is 10.9. The third-order valence-electron chi connectivity index (χ3n) is 7.31. The summed E-state index contributed by atoms with van der Waals surface area (Å²) in [5.41, 5.74) is 13.6. The molecule has 1 fully saturated rings. The molecule has 4 N–H and O–H groups in total. The standard InChI is InChI=1S/C32H50N2O4/c1-5-10-25(11-6-2)22-36-30-14-9-15-31(38-24(4)20-34)32(30)27-16-28(35-21-26-12-7-8-13-26)18-29(17-27)37-23(3)19-33/h9,14-18,23-26H,5-8,10-13,19-22,33-34H2,1-4H3/t23-,24-/m1/s1. The van der Waals surface area contributed by atoms with Crippen LogP contribution < -0.4 is 30.4 Å². The molecule has 2 atom stereocenters. The van der Waals surface area contributed by atoms with Gasteiger partial charge in [0.2, 0.25) is 0 Å². The maximum absolute atomic E-state index is 6.53. The van der Waals surface area contributed by atoms with E-state index in [9.17, 15) is 0 Å². The smallest absolute Gasteiger partial charge is 0.131 e. The quantitative estimate of drug-likeness (QED) is 0.231. The van der Waals surface area contributed by atoms with Crippen molar-refractivity contribution in [3.8, 4) is 34.1 Å². The van der Waals surface area contributed by atoms with Gasteiger partial charge >= 0.3 is 0 Å². The molecule has 3 rings (SSSR count). The molecular weight excluding hydrogens is 476 g/mol. The van der Waals surface area contributed by atoms with E-state index in [-0.39, 0.29) is 12.2 Å². The van der Waals surface area contributed by atoms with Crippen LogP contribution in [0.4, 0.5) is 0 Å². The Morgan fingerprint density at radius 1 is 0.816 bits per heavy atom. The minimum atomic E-state index is -0.133. The molecule has 2 aromatic carbocycles. The minimum absolute atomic E-state index is 0.115. The van der Waals surface area contributed by atoms with Crippen molar-refractivity contribution in [1.29, 1.82) is 0 Å². The van der Waals surface area contributed by atoms with Crippen molar-refractivity contribution in [2.75, 3.05) is 26.3 Å². The summed E-state index contributed by atoms with van der Waals surface area (Å²) in [7, 11) is 0. The van der Waals surface area contributed by atoms with Gasteiger partial charge in [-0.15, -0.1) is 0 Å². The number of ether oxygens (including phenoxy) is 4. The Kier molecular flexibility index (Phi) is 12.6. The van der Waals surface area contributed by atoms with E-state index in [1.807, 2.05) is 44.2 Å². The number of rotatable bonds is 17. The molecule has 0 radical (unpaired) electrons. The van der Waals surface area contributed by atoms with Crippen LogP contribution in [0.15, 0.2) is 36.4 Å². The summed E-state index contributed by atoms with van der Waals surface area (Å²) in [6.07, 6.45) is 9.41. The first kappa shape index (κ1) is 30.1. The van der Waals surface area contributed by atoms with E-state index in [0.717, 1.165) is 66.4 Å². The summed E-state index contributed by atoms with van der Waals surface area (Å²) in [5, 5.41) is 0. The third-order valence-corrected chi connectivity index (χ3v) is 7.31. The van der Waals surface area contributed by atoms with Gasteiger partial charge in [-0.25, -0.2) is 0 Å². The van der Waals surface area contributed by atoms with Crippen molar-refractivity contribution in [2.45, 2.75) is 91.3 Å². The molecule has 0 spiro atoms. The van der Waals surface area contributed by atoms with E-state index < -0.39 is 0 Å². The zero-order chi connectivity index (χ0) is 27.3. The van der Waals surface area contributed by atoms with Crippen molar-refractivity contribution in [2.24, 2.45) is 23.3 Å². The lowest BCUT2D eigenvalue weighted by Gasteiger charge is -2.23. The Morgan fingerprint density at radius 3 is 2.11 bits per heavy atom. The van der Waals surface area contributed by atoms with Gasteiger partial charge in [-0.3, -0.25) is 0 Å². The number of benzene rings is 2. The van der Waals surface area contributed by atoms with Gasteiger partial charge in [0.25, 0.3) is 0 Å². The van der Waals surface area contributed by atoms with Crippen LogP contribution in [0, 0.1) is 11.8 Å². The highest BCUT2D eigenvalue weighted by Gasteiger charge is 2.20. The van der Waals surface area contributed by atoms with Crippen LogP contribution in [0.3, 0.4) is 0 Å². The van der Waals surface area contributed by atoms with Crippen LogP contribution in [-0.4, -0.2) is 38.5 Å². The predicted octanol–water partition coefficient (Wildman–Crippen LogP) is 6.97.